The van der Waals surface area contributed by atoms with Gasteiger partial charge in [-0.05, 0) is 64.0 Å². The molecular formula is C27H34ClN5O3. The Bertz CT molecular complexity index is 1120. The second-order valence-corrected chi connectivity index (χ2v) is 10.7. The molecule has 36 heavy (non-hydrogen) atoms. The molecule has 1 unspecified atom stereocenters. The van der Waals surface area contributed by atoms with Gasteiger partial charge in [0.2, 0.25) is 5.91 Å². The van der Waals surface area contributed by atoms with E-state index in [0.717, 1.165) is 69.2 Å². The first-order chi connectivity index (χ1) is 17.4. The van der Waals surface area contributed by atoms with Crippen molar-refractivity contribution in [2.24, 2.45) is 5.41 Å². The van der Waals surface area contributed by atoms with E-state index in [1.165, 1.54) is 0 Å². The zero-order valence-corrected chi connectivity index (χ0v) is 21.5. The van der Waals surface area contributed by atoms with Crippen molar-refractivity contribution in [1.82, 2.24) is 20.2 Å². The van der Waals surface area contributed by atoms with E-state index in [-0.39, 0.29) is 29.4 Å². The van der Waals surface area contributed by atoms with Crippen LogP contribution in [-0.4, -0.2) is 70.1 Å². The average molecular weight is 512 g/mol. The van der Waals surface area contributed by atoms with E-state index in [1.807, 2.05) is 19.1 Å². The highest BCUT2D eigenvalue weighted by Gasteiger charge is 2.51. The summed E-state index contributed by atoms with van der Waals surface area (Å²) in [6.07, 6.45) is 9.24. The van der Waals surface area contributed by atoms with Gasteiger partial charge in [-0.1, -0.05) is 17.7 Å². The molecule has 2 aliphatic heterocycles. The van der Waals surface area contributed by atoms with Gasteiger partial charge in [0.05, 0.1) is 16.5 Å². The first kappa shape index (κ1) is 25.0. The standard InChI is InChI=1S/C27H34ClN5O3/c1-2-29-25(35)23-9-4-18(15-30-23)19-14-22(28)24(31-16-19)32-12-3-10-27(17-32)11-13-33(26(27)36)20-5-7-21(34)8-6-20/h4,9,14-16,20-21,34H,2-3,5-8,10-13,17H2,1H3,(H,29,35)/t20-,21+,27?. The summed E-state index contributed by atoms with van der Waals surface area (Å²) >= 11 is 6.72. The number of rotatable bonds is 5. The number of hydrogen-bond donors (Lipinski definition) is 2. The molecule has 0 aromatic carbocycles. The fourth-order valence-corrected chi connectivity index (χ4v) is 6.31. The number of likely N-dealkylation sites (tertiary alicyclic amines) is 1. The fourth-order valence-electron chi connectivity index (χ4n) is 6.03. The second kappa shape index (κ2) is 10.3. The molecule has 2 N–H and O–H groups in total. The lowest BCUT2D eigenvalue weighted by Crippen LogP contribution is -2.50. The molecule has 2 aromatic heterocycles. The first-order valence-corrected chi connectivity index (χ1v) is 13.4. The fraction of sp³-hybridized carbons (Fsp3) is 0.556. The van der Waals surface area contributed by atoms with Crippen LogP contribution in [0.25, 0.3) is 11.1 Å². The normalized spacial score (nSPS) is 26.5. The van der Waals surface area contributed by atoms with Gasteiger partial charge >= 0.3 is 0 Å². The van der Waals surface area contributed by atoms with Crippen LogP contribution in [0.15, 0.2) is 30.6 Å². The van der Waals surface area contributed by atoms with E-state index in [1.54, 1.807) is 18.5 Å². The van der Waals surface area contributed by atoms with E-state index >= 15 is 0 Å². The van der Waals surface area contributed by atoms with Gasteiger partial charge in [-0.3, -0.25) is 14.6 Å². The van der Waals surface area contributed by atoms with Crippen LogP contribution in [0.1, 0.15) is 62.4 Å². The molecule has 0 radical (unpaired) electrons. The number of aliphatic hydroxyl groups is 1. The Morgan fingerprint density at radius 2 is 1.92 bits per heavy atom. The molecule has 2 aromatic rings. The molecule has 4 heterocycles. The molecule has 2 amide bonds. The third-order valence-corrected chi connectivity index (χ3v) is 8.30. The van der Waals surface area contributed by atoms with Crippen molar-refractivity contribution in [3.8, 4) is 11.1 Å². The molecule has 9 heteroatoms. The summed E-state index contributed by atoms with van der Waals surface area (Å²) in [5.74, 6) is 0.772. The monoisotopic (exact) mass is 511 g/mol. The molecule has 1 spiro atoms. The second-order valence-electron chi connectivity index (χ2n) is 10.3. The summed E-state index contributed by atoms with van der Waals surface area (Å²) in [6, 6.07) is 5.67. The lowest BCUT2D eigenvalue weighted by atomic mass is 9.78. The van der Waals surface area contributed by atoms with E-state index in [2.05, 4.69) is 20.1 Å². The Morgan fingerprint density at radius 1 is 1.14 bits per heavy atom. The molecule has 3 aliphatic rings. The smallest absolute Gasteiger partial charge is 0.269 e. The van der Waals surface area contributed by atoms with Crippen molar-refractivity contribution in [3.63, 3.8) is 0 Å². The van der Waals surface area contributed by atoms with Gasteiger partial charge < -0.3 is 20.2 Å². The molecule has 1 aliphatic carbocycles. The number of nitrogens with zero attached hydrogens (tertiary/aromatic N) is 4. The maximum absolute atomic E-state index is 13.6. The molecule has 1 saturated carbocycles. The highest BCUT2D eigenvalue weighted by atomic mass is 35.5. The SMILES string of the molecule is CCNC(=O)c1ccc(-c2cnc(N3CCCC4(CCN([C@H]5CC[C@@H](O)CC5)C4=O)C3)c(Cl)c2)cn1. The van der Waals surface area contributed by atoms with Crippen molar-refractivity contribution in [3.05, 3.63) is 41.3 Å². The zero-order chi connectivity index (χ0) is 25.3. The summed E-state index contributed by atoms with van der Waals surface area (Å²) in [7, 11) is 0. The minimum atomic E-state index is -0.378. The Hall–Kier alpha value is -2.71. The van der Waals surface area contributed by atoms with Gasteiger partial charge in [0, 0.05) is 55.7 Å². The summed E-state index contributed by atoms with van der Waals surface area (Å²) in [5.41, 5.74) is 1.65. The third-order valence-electron chi connectivity index (χ3n) is 8.02. The summed E-state index contributed by atoms with van der Waals surface area (Å²) in [4.78, 5) is 38.8. The van der Waals surface area contributed by atoms with Crippen LogP contribution in [0.2, 0.25) is 5.02 Å². The average Bonchev–Trinajstić information content (AvgIpc) is 3.19. The summed E-state index contributed by atoms with van der Waals surface area (Å²) < 4.78 is 0. The number of hydrogen-bond acceptors (Lipinski definition) is 6. The number of piperidine rings is 1. The van der Waals surface area contributed by atoms with Gasteiger partial charge in [0.1, 0.15) is 11.5 Å². The van der Waals surface area contributed by atoms with Gasteiger partial charge in [-0.25, -0.2) is 4.98 Å². The number of carbonyl (C=O) groups excluding carboxylic acids is 2. The third kappa shape index (κ3) is 4.81. The Kier molecular flexibility index (Phi) is 7.17. The number of pyridine rings is 2. The topological polar surface area (TPSA) is 98.7 Å². The Morgan fingerprint density at radius 3 is 2.61 bits per heavy atom. The van der Waals surface area contributed by atoms with Crippen molar-refractivity contribution in [2.45, 2.75) is 64.0 Å². The largest absolute Gasteiger partial charge is 0.393 e. The molecule has 2 saturated heterocycles. The summed E-state index contributed by atoms with van der Waals surface area (Å²) in [5, 5.41) is 13.1. The minimum Gasteiger partial charge on any atom is -0.393 e. The maximum Gasteiger partial charge on any atom is 0.269 e. The number of amides is 2. The molecule has 1 atom stereocenters. The number of carbonyl (C=O) groups is 2. The van der Waals surface area contributed by atoms with E-state index in [4.69, 9.17) is 16.6 Å². The van der Waals surface area contributed by atoms with Crippen molar-refractivity contribution >= 4 is 29.2 Å². The predicted octanol–water partition coefficient (Wildman–Crippen LogP) is 3.67. The lowest BCUT2D eigenvalue weighted by Gasteiger charge is -2.41. The molecule has 8 nitrogen and oxygen atoms in total. The molecule has 3 fully saturated rings. The maximum atomic E-state index is 13.6. The Labute approximate surface area is 217 Å². The van der Waals surface area contributed by atoms with E-state index in [9.17, 15) is 14.7 Å². The lowest BCUT2D eigenvalue weighted by molar-refractivity contribution is -0.139. The van der Waals surface area contributed by atoms with Crippen LogP contribution in [0.4, 0.5) is 5.82 Å². The number of aliphatic hydroxyl groups excluding tert-OH is 1. The minimum absolute atomic E-state index is 0.198. The van der Waals surface area contributed by atoms with Crippen LogP contribution >= 0.6 is 11.6 Å². The summed E-state index contributed by atoms with van der Waals surface area (Å²) in [6.45, 7) is 4.67. The molecule has 192 valence electrons. The first-order valence-electron chi connectivity index (χ1n) is 13.0. The predicted molar refractivity (Wildman–Crippen MR) is 139 cm³/mol. The number of anilines is 1. The van der Waals surface area contributed by atoms with Crippen LogP contribution in [0.3, 0.4) is 0 Å². The van der Waals surface area contributed by atoms with Crippen molar-refractivity contribution < 1.29 is 14.7 Å². The van der Waals surface area contributed by atoms with Gasteiger partial charge in [0.25, 0.3) is 5.91 Å². The highest BCUT2D eigenvalue weighted by molar-refractivity contribution is 6.33. The zero-order valence-electron chi connectivity index (χ0n) is 20.8. The van der Waals surface area contributed by atoms with Gasteiger partial charge in [-0.15, -0.1) is 0 Å². The van der Waals surface area contributed by atoms with Crippen LogP contribution in [0, 0.1) is 5.41 Å². The van der Waals surface area contributed by atoms with E-state index in [0.29, 0.717) is 29.6 Å². The molecule has 5 rings (SSSR count). The van der Waals surface area contributed by atoms with Crippen molar-refractivity contribution in [1.29, 1.82) is 0 Å². The van der Waals surface area contributed by atoms with Crippen molar-refractivity contribution in [2.75, 3.05) is 31.1 Å². The molecular weight excluding hydrogens is 478 g/mol. The van der Waals surface area contributed by atoms with Crippen LogP contribution in [0.5, 0.6) is 0 Å². The molecule has 0 bridgehead atoms. The number of nitrogens with one attached hydrogen (secondary N) is 1. The van der Waals surface area contributed by atoms with Crippen LogP contribution < -0.4 is 10.2 Å². The highest BCUT2D eigenvalue weighted by Crippen LogP contribution is 2.44. The van der Waals surface area contributed by atoms with Crippen LogP contribution in [-0.2, 0) is 4.79 Å². The Balaban J connectivity index is 1.29. The number of aromatic nitrogens is 2. The van der Waals surface area contributed by atoms with Gasteiger partial charge in [0.15, 0.2) is 0 Å². The van der Waals surface area contributed by atoms with E-state index < -0.39 is 0 Å². The number of halogens is 1. The van der Waals surface area contributed by atoms with Gasteiger partial charge in [-0.2, -0.15) is 0 Å². The quantitative estimate of drug-likeness (QED) is 0.635.